The van der Waals surface area contributed by atoms with E-state index in [0.717, 1.165) is 0 Å². The van der Waals surface area contributed by atoms with Gasteiger partial charge in [-0.2, -0.15) is 11.8 Å². The summed E-state index contributed by atoms with van der Waals surface area (Å²) in [6.45, 7) is 6.24. The molecular formula is C13H17NO4S. The van der Waals surface area contributed by atoms with E-state index in [1.54, 1.807) is 17.8 Å². The molecule has 0 bridgehead atoms. The highest BCUT2D eigenvalue weighted by Gasteiger charge is 2.23. The fourth-order valence-corrected chi connectivity index (χ4v) is 2.59. The zero-order chi connectivity index (χ0) is 14.6. The van der Waals surface area contributed by atoms with Gasteiger partial charge < -0.3 is 5.11 Å². The van der Waals surface area contributed by atoms with Crippen molar-refractivity contribution in [1.82, 2.24) is 0 Å². The van der Waals surface area contributed by atoms with Crippen LogP contribution in [-0.4, -0.2) is 21.2 Å². The Morgan fingerprint density at radius 3 is 2.53 bits per heavy atom. The van der Waals surface area contributed by atoms with Crippen LogP contribution in [-0.2, 0) is 5.75 Å². The molecule has 1 aromatic carbocycles. The van der Waals surface area contributed by atoms with E-state index in [0.29, 0.717) is 22.5 Å². The molecule has 1 unspecified atom stereocenters. The maximum absolute atomic E-state index is 11.2. The van der Waals surface area contributed by atoms with Crippen LogP contribution >= 0.6 is 11.8 Å². The van der Waals surface area contributed by atoms with Crippen molar-refractivity contribution in [1.29, 1.82) is 0 Å². The molecule has 0 amide bonds. The third-order valence-electron chi connectivity index (χ3n) is 2.98. The molecule has 1 atom stereocenters. The van der Waals surface area contributed by atoms with Gasteiger partial charge in [0.05, 0.1) is 4.92 Å². The number of benzene rings is 1. The first-order valence-corrected chi connectivity index (χ1v) is 7.00. The van der Waals surface area contributed by atoms with Gasteiger partial charge in [-0.3, -0.25) is 10.1 Å². The lowest BCUT2D eigenvalue weighted by molar-refractivity contribution is -0.385. The third kappa shape index (κ3) is 3.96. The van der Waals surface area contributed by atoms with Gasteiger partial charge in [0.15, 0.2) is 0 Å². The Labute approximate surface area is 116 Å². The lowest BCUT2D eigenvalue weighted by Crippen LogP contribution is -2.09. The molecule has 0 aliphatic carbocycles. The van der Waals surface area contributed by atoms with Crippen LogP contribution in [0.1, 0.15) is 36.7 Å². The van der Waals surface area contributed by atoms with E-state index in [1.807, 2.05) is 0 Å². The van der Waals surface area contributed by atoms with Gasteiger partial charge in [0.2, 0.25) is 0 Å². The molecule has 1 N–H and O–H groups in total. The summed E-state index contributed by atoms with van der Waals surface area (Å²) in [7, 11) is 0. The Kier molecular flexibility index (Phi) is 5.35. The van der Waals surface area contributed by atoms with Crippen molar-refractivity contribution in [3.8, 4) is 0 Å². The lowest BCUT2D eigenvalue weighted by atomic mass is 10.1. The second-order valence-electron chi connectivity index (χ2n) is 4.63. The van der Waals surface area contributed by atoms with Crippen LogP contribution in [0.4, 0.5) is 5.69 Å². The predicted molar refractivity (Wildman–Crippen MR) is 75.7 cm³/mol. The zero-order valence-electron chi connectivity index (χ0n) is 11.1. The van der Waals surface area contributed by atoms with Gasteiger partial charge in [0.25, 0.3) is 5.69 Å². The summed E-state index contributed by atoms with van der Waals surface area (Å²) in [4.78, 5) is 21.4. The predicted octanol–water partition coefficient (Wildman–Crippen LogP) is 3.57. The first kappa shape index (κ1) is 15.5. The normalized spacial score (nSPS) is 12.4. The lowest BCUT2D eigenvalue weighted by Gasteiger charge is -2.15. The Balaban J connectivity index is 3.04. The average molecular weight is 283 g/mol. The molecule has 6 heteroatoms. The van der Waals surface area contributed by atoms with Gasteiger partial charge in [-0.1, -0.05) is 32.9 Å². The minimum Gasteiger partial charge on any atom is -0.477 e. The molecule has 0 aromatic heterocycles. The SMILES string of the molecule is CC(C)C(C)SCc1cccc([N+](=O)[O-])c1C(=O)O. The second-order valence-corrected chi connectivity index (χ2v) is 6.00. The van der Waals surface area contributed by atoms with Crippen LogP contribution in [0.2, 0.25) is 0 Å². The summed E-state index contributed by atoms with van der Waals surface area (Å²) in [5.41, 5.74) is -0.0436. The average Bonchev–Trinajstić information content (AvgIpc) is 2.34. The van der Waals surface area contributed by atoms with Crippen molar-refractivity contribution in [2.24, 2.45) is 5.92 Å². The van der Waals surface area contributed by atoms with Crippen molar-refractivity contribution in [2.75, 3.05) is 0 Å². The third-order valence-corrected chi connectivity index (χ3v) is 4.53. The second kappa shape index (κ2) is 6.56. The number of hydrogen-bond acceptors (Lipinski definition) is 4. The summed E-state index contributed by atoms with van der Waals surface area (Å²) in [5, 5.41) is 20.4. The fraction of sp³-hybridized carbons (Fsp3) is 0.462. The molecule has 1 aromatic rings. The van der Waals surface area contributed by atoms with Crippen LogP contribution in [0, 0.1) is 16.0 Å². The Hall–Kier alpha value is -1.56. The van der Waals surface area contributed by atoms with E-state index in [1.165, 1.54) is 12.1 Å². The number of aromatic carboxylic acids is 1. The highest BCUT2D eigenvalue weighted by atomic mass is 32.2. The van der Waals surface area contributed by atoms with E-state index in [2.05, 4.69) is 20.8 Å². The number of nitrogens with zero attached hydrogens (tertiary/aromatic N) is 1. The first-order chi connectivity index (χ1) is 8.84. The van der Waals surface area contributed by atoms with Crippen LogP contribution in [0.3, 0.4) is 0 Å². The molecule has 19 heavy (non-hydrogen) atoms. The Morgan fingerprint density at radius 2 is 2.05 bits per heavy atom. The van der Waals surface area contributed by atoms with E-state index in [9.17, 15) is 14.9 Å². The standard InChI is InChI=1S/C13H17NO4S/c1-8(2)9(3)19-7-10-5-4-6-11(14(17)18)12(10)13(15)16/h4-6,8-9H,7H2,1-3H3,(H,15,16). The molecular weight excluding hydrogens is 266 g/mol. The monoisotopic (exact) mass is 283 g/mol. The van der Waals surface area contributed by atoms with Gasteiger partial charge in [0, 0.05) is 17.1 Å². The maximum atomic E-state index is 11.2. The summed E-state index contributed by atoms with van der Waals surface area (Å²) in [6, 6.07) is 4.39. The number of hydrogen-bond donors (Lipinski definition) is 1. The summed E-state index contributed by atoms with van der Waals surface area (Å²) >= 11 is 1.60. The molecule has 0 radical (unpaired) electrons. The first-order valence-electron chi connectivity index (χ1n) is 5.95. The van der Waals surface area contributed by atoms with Crippen LogP contribution < -0.4 is 0 Å². The maximum Gasteiger partial charge on any atom is 0.343 e. The Bertz CT molecular complexity index is 488. The number of carbonyl (C=O) groups is 1. The molecule has 0 aliphatic heterocycles. The number of rotatable bonds is 6. The summed E-state index contributed by atoms with van der Waals surface area (Å²) in [6.07, 6.45) is 0. The number of thioether (sulfide) groups is 1. The number of carboxylic acid groups (broad SMARTS) is 1. The fourth-order valence-electron chi connectivity index (χ4n) is 1.52. The molecule has 0 saturated carbocycles. The smallest absolute Gasteiger partial charge is 0.343 e. The van der Waals surface area contributed by atoms with Crippen molar-refractivity contribution >= 4 is 23.4 Å². The van der Waals surface area contributed by atoms with Gasteiger partial charge in [-0.05, 0) is 11.5 Å². The number of carboxylic acids is 1. The van der Waals surface area contributed by atoms with Gasteiger partial charge in [0.1, 0.15) is 5.56 Å². The number of nitro benzene ring substituents is 1. The summed E-state index contributed by atoms with van der Waals surface area (Å²) in [5.74, 6) is -0.320. The van der Waals surface area contributed by atoms with Gasteiger partial charge in [-0.25, -0.2) is 4.79 Å². The van der Waals surface area contributed by atoms with Crippen LogP contribution in [0.25, 0.3) is 0 Å². The molecule has 104 valence electrons. The zero-order valence-corrected chi connectivity index (χ0v) is 11.9. The topological polar surface area (TPSA) is 80.4 Å². The molecule has 0 saturated heterocycles. The van der Waals surface area contributed by atoms with Crippen LogP contribution in [0.5, 0.6) is 0 Å². The van der Waals surface area contributed by atoms with Crippen molar-refractivity contribution in [3.05, 3.63) is 39.4 Å². The highest BCUT2D eigenvalue weighted by molar-refractivity contribution is 7.99. The molecule has 5 nitrogen and oxygen atoms in total. The summed E-state index contributed by atoms with van der Waals surface area (Å²) < 4.78 is 0. The highest BCUT2D eigenvalue weighted by Crippen LogP contribution is 2.29. The molecule has 0 aliphatic rings. The van der Waals surface area contributed by atoms with Crippen molar-refractivity contribution < 1.29 is 14.8 Å². The molecule has 1 rings (SSSR count). The van der Waals surface area contributed by atoms with E-state index in [-0.39, 0.29) is 11.3 Å². The van der Waals surface area contributed by atoms with E-state index >= 15 is 0 Å². The quantitative estimate of drug-likeness (QED) is 0.637. The minimum absolute atomic E-state index is 0.198. The number of nitro groups is 1. The van der Waals surface area contributed by atoms with Gasteiger partial charge in [-0.15, -0.1) is 0 Å². The minimum atomic E-state index is -1.25. The van der Waals surface area contributed by atoms with Crippen molar-refractivity contribution in [2.45, 2.75) is 31.8 Å². The van der Waals surface area contributed by atoms with Crippen LogP contribution in [0.15, 0.2) is 18.2 Å². The molecule has 0 heterocycles. The largest absolute Gasteiger partial charge is 0.477 e. The molecule has 0 fully saturated rings. The van der Waals surface area contributed by atoms with Gasteiger partial charge >= 0.3 is 5.97 Å². The van der Waals surface area contributed by atoms with E-state index < -0.39 is 10.9 Å². The molecule has 0 spiro atoms. The Morgan fingerprint density at radius 1 is 1.42 bits per heavy atom. The van der Waals surface area contributed by atoms with Crippen molar-refractivity contribution in [3.63, 3.8) is 0 Å². The van der Waals surface area contributed by atoms with E-state index in [4.69, 9.17) is 5.11 Å².